The number of ether oxygens (including phenoxy) is 3. The quantitative estimate of drug-likeness (QED) is 0.276. The second-order valence-electron chi connectivity index (χ2n) is 16.4. The van der Waals surface area contributed by atoms with Gasteiger partial charge >= 0.3 is 0 Å². The number of anilines is 1. The van der Waals surface area contributed by atoms with Crippen LogP contribution in [0.25, 0.3) is 0 Å². The molecule has 1 saturated heterocycles. The van der Waals surface area contributed by atoms with Gasteiger partial charge in [0.1, 0.15) is 15.7 Å². The first-order valence-corrected chi connectivity index (χ1v) is 22.7. The zero-order valence-electron chi connectivity index (χ0n) is 32.9. The number of amides is 2. The van der Waals surface area contributed by atoms with E-state index in [-0.39, 0.29) is 23.7 Å². The van der Waals surface area contributed by atoms with E-state index in [1.165, 1.54) is 11.1 Å². The molecule has 2 amide bonds. The molecule has 1 unspecified atom stereocenters. The lowest BCUT2D eigenvalue weighted by Crippen LogP contribution is -2.50. The summed E-state index contributed by atoms with van der Waals surface area (Å²) >= 11 is 6.51. The van der Waals surface area contributed by atoms with E-state index in [2.05, 4.69) is 48.3 Å². The summed E-state index contributed by atoms with van der Waals surface area (Å²) in [5.41, 5.74) is 4.30. The third-order valence-electron chi connectivity index (χ3n) is 12.6. The van der Waals surface area contributed by atoms with Crippen molar-refractivity contribution in [3.05, 3.63) is 88.2 Å². The van der Waals surface area contributed by atoms with Crippen LogP contribution in [0.1, 0.15) is 72.1 Å². The molecule has 1 aromatic heterocycles. The molecule has 8 rings (SSSR count). The summed E-state index contributed by atoms with van der Waals surface area (Å²) in [6.07, 6.45) is 12.7. The first-order chi connectivity index (χ1) is 27.7. The fraction of sp³-hybridized carbons (Fsp3) is 0.558. The molecule has 1 spiro atoms. The van der Waals surface area contributed by atoms with Crippen molar-refractivity contribution in [2.75, 3.05) is 69.8 Å². The van der Waals surface area contributed by atoms with Crippen LogP contribution in [0.15, 0.2) is 65.2 Å². The van der Waals surface area contributed by atoms with Crippen molar-refractivity contribution in [3.63, 3.8) is 0 Å². The summed E-state index contributed by atoms with van der Waals surface area (Å²) in [6, 6.07) is 13.5. The number of allylic oxidation sites excluding steroid dienone is 1. The summed E-state index contributed by atoms with van der Waals surface area (Å²) in [7, 11) is -1.63. The number of fused-ring (bicyclic) bond motifs is 4. The van der Waals surface area contributed by atoms with Crippen LogP contribution in [0, 0.1) is 11.8 Å². The van der Waals surface area contributed by atoms with Crippen LogP contribution < -0.4 is 14.4 Å². The Labute approximate surface area is 341 Å². The van der Waals surface area contributed by atoms with Gasteiger partial charge in [0.2, 0.25) is 5.91 Å². The number of carbonyl (C=O) groups is 2. The van der Waals surface area contributed by atoms with Crippen LogP contribution in [0.3, 0.4) is 0 Å². The van der Waals surface area contributed by atoms with Crippen LogP contribution in [-0.2, 0) is 49.5 Å². The summed E-state index contributed by atoms with van der Waals surface area (Å²) in [5.74, 6) is 0.405. The summed E-state index contributed by atoms with van der Waals surface area (Å²) in [5, 5.41) is 4.92. The Morgan fingerprint density at radius 1 is 1.12 bits per heavy atom. The largest absolute Gasteiger partial charge is 0.490 e. The molecular formula is C43H55ClN6O6S. The number of aryl methyl sites for hydroxylation is 3. The third kappa shape index (κ3) is 9.28. The van der Waals surface area contributed by atoms with Gasteiger partial charge in [0.15, 0.2) is 0 Å². The van der Waals surface area contributed by atoms with E-state index in [0.29, 0.717) is 62.2 Å². The number of carbonyl (C=O) groups excluding carboxylic acids is 2. The van der Waals surface area contributed by atoms with E-state index in [0.717, 1.165) is 87.9 Å². The van der Waals surface area contributed by atoms with Crippen molar-refractivity contribution in [3.8, 4) is 5.75 Å². The molecule has 5 aliphatic rings. The van der Waals surface area contributed by atoms with Gasteiger partial charge in [-0.1, -0.05) is 29.8 Å². The average Bonchev–Trinajstić information content (AvgIpc) is 3.54. The zero-order chi connectivity index (χ0) is 39.4. The zero-order valence-corrected chi connectivity index (χ0v) is 34.5. The Kier molecular flexibility index (Phi) is 12.4. The summed E-state index contributed by atoms with van der Waals surface area (Å²) in [4.78, 5) is 32.1. The average molecular weight is 819 g/mol. The van der Waals surface area contributed by atoms with Gasteiger partial charge in [0.25, 0.3) is 5.91 Å². The Hall–Kier alpha value is -3.75. The number of morpholine rings is 1. The molecule has 2 fully saturated rings. The van der Waals surface area contributed by atoms with E-state index in [9.17, 15) is 13.8 Å². The third-order valence-corrected chi connectivity index (χ3v) is 14.7. The molecule has 57 heavy (non-hydrogen) atoms. The highest BCUT2D eigenvalue weighted by atomic mass is 35.5. The number of aromatic nitrogens is 2. The van der Waals surface area contributed by atoms with Crippen LogP contribution in [-0.4, -0.2) is 102 Å². The van der Waals surface area contributed by atoms with Gasteiger partial charge in [-0.15, -0.1) is 4.36 Å². The van der Waals surface area contributed by atoms with Gasteiger partial charge in [-0.3, -0.25) is 23.9 Å². The standard InChI is InChI=1S/C43H55ClN6O6S/c1-48-35(16-18-45-48)11-15-41(51)46-57(53)25-4-2-3-7-39(55-24-21-49-19-22-54-23-20-49)36-12-8-33(36)28-50-29-43(17-5-6-31-26-34(44)10-13-37(31)43)30-56-40-14-9-32(27-38(40)50)42(52)47-57/h3,7,9-10,13-14,16,18,26-27,33,36,39H,2,4-6,8,11-12,15,17,19-25,28-30H2,1H3,(H,46,47,51,52,53)/b7-3+/t33-,36+,39-,43-,57?/m0/s1. The number of hydrogen-bond donors (Lipinski definition) is 1. The molecule has 3 aliphatic heterocycles. The minimum Gasteiger partial charge on any atom is -0.490 e. The fourth-order valence-electron chi connectivity index (χ4n) is 9.30. The number of rotatable bonds is 8. The van der Waals surface area contributed by atoms with Crippen molar-refractivity contribution < 1.29 is 28.0 Å². The molecule has 1 N–H and O–H groups in total. The number of benzene rings is 2. The Balaban J connectivity index is 1.12. The van der Waals surface area contributed by atoms with Gasteiger partial charge in [-0.2, -0.15) is 5.10 Å². The summed E-state index contributed by atoms with van der Waals surface area (Å²) in [6.45, 7) is 6.82. The van der Waals surface area contributed by atoms with Crippen LogP contribution in [0.4, 0.5) is 5.69 Å². The minimum absolute atomic E-state index is 0.0429. The maximum Gasteiger partial charge on any atom is 0.286 e. The molecule has 2 aliphatic carbocycles. The SMILES string of the molecule is Cn1nccc1CCC(=O)NS1(=O)=NC(=O)c2ccc3c(c2)N(C[C@@H]2CC[C@H]2[C@@H](OCCN2CCOCC2)/C=C/CCC1)C[C@@]1(CCCc2cc(Cl)ccc21)CO3. The Morgan fingerprint density at radius 2 is 2.00 bits per heavy atom. The number of hydrogen-bond acceptors (Lipinski definition) is 9. The predicted molar refractivity (Wildman–Crippen MR) is 221 cm³/mol. The van der Waals surface area contributed by atoms with Gasteiger partial charge in [0, 0.05) is 74.1 Å². The topological polar surface area (TPSA) is 128 Å². The Morgan fingerprint density at radius 3 is 2.81 bits per heavy atom. The molecule has 1 saturated carbocycles. The monoisotopic (exact) mass is 818 g/mol. The van der Waals surface area contributed by atoms with Crippen molar-refractivity contribution in [1.29, 1.82) is 0 Å². The lowest BCUT2D eigenvalue weighted by atomic mass is 9.68. The summed E-state index contributed by atoms with van der Waals surface area (Å²) < 4.78 is 42.2. The highest BCUT2D eigenvalue weighted by Gasteiger charge is 2.44. The second-order valence-corrected chi connectivity index (χ2v) is 18.9. The van der Waals surface area contributed by atoms with E-state index >= 15 is 0 Å². The van der Waals surface area contributed by atoms with Gasteiger partial charge in [-0.25, -0.2) is 4.21 Å². The number of nitrogens with one attached hydrogen (secondary N) is 1. The number of halogens is 1. The van der Waals surface area contributed by atoms with Crippen molar-refractivity contribution in [1.82, 2.24) is 19.4 Å². The van der Waals surface area contributed by atoms with E-state index in [1.54, 1.807) is 16.9 Å². The van der Waals surface area contributed by atoms with E-state index in [1.807, 2.05) is 31.3 Å². The molecule has 2 aromatic carbocycles. The lowest BCUT2D eigenvalue weighted by Gasteiger charge is -2.46. The molecule has 14 heteroatoms. The molecule has 3 aromatic rings. The first-order valence-electron chi connectivity index (χ1n) is 20.6. The molecular weight excluding hydrogens is 764 g/mol. The molecule has 12 nitrogen and oxygen atoms in total. The van der Waals surface area contributed by atoms with Gasteiger partial charge < -0.3 is 19.1 Å². The normalized spacial score (nSPS) is 28.6. The highest BCUT2D eigenvalue weighted by molar-refractivity contribution is 7.92. The maximum atomic E-state index is 14.5. The molecule has 306 valence electrons. The first kappa shape index (κ1) is 40.0. The smallest absolute Gasteiger partial charge is 0.286 e. The van der Waals surface area contributed by atoms with Gasteiger partial charge in [0.05, 0.1) is 44.0 Å². The van der Waals surface area contributed by atoms with Crippen molar-refractivity contribution in [2.45, 2.75) is 69.3 Å². The van der Waals surface area contributed by atoms with Crippen LogP contribution in [0.2, 0.25) is 5.02 Å². The minimum atomic E-state index is -3.45. The van der Waals surface area contributed by atoms with Crippen LogP contribution in [0.5, 0.6) is 5.75 Å². The predicted octanol–water partition coefficient (Wildman–Crippen LogP) is 5.91. The maximum absolute atomic E-state index is 14.5. The molecule has 2 bridgehead atoms. The molecule has 0 radical (unpaired) electrons. The van der Waals surface area contributed by atoms with Crippen molar-refractivity contribution >= 4 is 39.0 Å². The Bertz CT molecular complexity index is 2090. The van der Waals surface area contributed by atoms with Crippen LogP contribution >= 0.6 is 11.6 Å². The highest BCUT2D eigenvalue weighted by Crippen LogP contribution is 2.47. The lowest BCUT2D eigenvalue weighted by molar-refractivity contribution is -0.119. The molecule has 4 heterocycles. The second kappa shape index (κ2) is 17.6. The number of nitrogens with zero attached hydrogens (tertiary/aromatic N) is 5. The van der Waals surface area contributed by atoms with E-state index in [4.69, 9.17) is 25.8 Å². The molecule has 5 atom stereocenters. The van der Waals surface area contributed by atoms with E-state index < -0.39 is 21.7 Å². The fourth-order valence-corrected chi connectivity index (χ4v) is 11.1. The van der Waals surface area contributed by atoms with Gasteiger partial charge in [-0.05, 0) is 111 Å². The van der Waals surface area contributed by atoms with Crippen molar-refractivity contribution in [2.24, 2.45) is 23.2 Å².